The number of anilines is 1. The van der Waals surface area contributed by atoms with E-state index in [1.165, 1.54) is 0 Å². The third kappa shape index (κ3) is 5.71. The first-order valence-corrected chi connectivity index (χ1v) is 5.93. The molecular formula is C13H22N2O. The molecule has 0 aliphatic heterocycles. The van der Waals surface area contributed by atoms with Gasteiger partial charge in [0.1, 0.15) is 0 Å². The van der Waals surface area contributed by atoms with Crippen molar-refractivity contribution in [3.63, 3.8) is 0 Å². The lowest BCUT2D eigenvalue weighted by atomic mass is 10.1. The van der Waals surface area contributed by atoms with E-state index < -0.39 is 0 Å². The normalized spacial score (nSPS) is 10.8. The zero-order valence-corrected chi connectivity index (χ0v) is 10.5. The second-order valence-electron chi connectivity index (χ2n) is 4.41. The third-order valence-corrected chi connectivity index (χ3v) is 2.31. The summed E-state index contributed by atoms with van der Waals surface area (Å²) in [5, 5.41) is 3.31. The number of pyridine rings is 1. The fourth-order valence-electron chi connectivity index (χ4n) is 1.34. The Labute approximate surface area is 98.2 Å². The highest BCUT2D eigenvalue weighted by Gasteiger charge is 1.95. The van der Waals surface area contributed by atoms with E-state index in [9.17, 15) is 0 Å². The Kier molecular flexibility index (Phi) is 5.86. The maximum atomic E-state index is 5.52. The molecule has 0 spiro atoms. The number of aromatic nitrogens is 1. The number of aryl methyl sites for hydroxylation is 1. The molecule has 1 N–H and O–H groups in total. The summed E-state index contributed by atoms with van der Waals surface area (Å²) in [7, 11) is 0. The van der Waals surface area contributed by atoms with E-state index in [4.69, 9.17) is 4.74 Å². The van der Waals surface area contributed by atoms with Crippen molar-refractivity contribution in [2.45, 2.75) is 27.2 Å². The second kappa shape index (κ2) is 7.23. The van der Waals surface area contributed by atoms with E-state index in [1.54, 1.807) is 0 Å². The molecule has 1 aromatic rings. The Morgan fingerprint density at radius 1 is 1.38 bits per heavy atom. The van der Waals surface area contributed by atoms with E-state index in [0.717, 1.165) is 43.5 Å². The number of hydrogen-bond donors (Lipinski definition) is 1. The van der Waals surface area contributed by atoms with Crippen molar-refractivity contribution in [1.82, 2.24) is 4.98 Å². The summed E-state index contributed by atoms with van der Waals surface area (Å²) in [4.78, 5) is 4.15. The number of hydrogen-bond acceptors (Lipinski definition) is 3. The number of nitrogens with zero attached hydrogens (tertiary/aromatic N) is 1. The van der Waals surface area contributed by atoms with Crippen LogP contribution in [0.4, 0.5) is 5.69 Å². The zero-order chi connectivity index (χ0) is 11.8. The van der Waals surface area contributed by atoms with Crippen LogP contribution in [0.1, 0.15) is 26.0 Å². The fourth-order valence-corrected chi connectivity index (χ4v) is 1.34. The lowest BCUT2D eigenvalue weighted by Gasteiger charge is -2.08. The first-order chi connectivity index (χ1) is 7.68. The van der Waals surface area contributed by atoms with Gasteiger partial charge in [-0.3, -0.25) is 4.98 Å². The third-order valence-electron chi connectivity index (χ3n) is 2.31. The van der Waals surface area contributed by atoms with E-state index in [0.29, 0.717) is 0 Å². The van der Waals surface area contributed by atoms with Gasteiger partial charge in [0.05, 0.1) is 6.61 Å². The Morgan fingerprint density at radius 2 is 2.19 bits per heavy atom. The number of ether oxygens (including phenoxy) is 1. The van der Waals surface area contributed by atoms with Gasteiger partial charge in [-0.1, -0.05) is 13.8 Å². The van der Waals surface area contributed by atoms with E-state index >= 15 is 0 Å². The second-order valence-corrected chi connectivity index (χ2v) is 4.41. The highest BCUT2D eigenvalue weighted by Crippen LogP contribution is 2.06. The van der Waals surface area contributed by atoms with Crippen LogP contribution < -0.4 is 5.32 Å². The molecule has 0 aromatic carbocycles. The van der Waals surface area contributed by atoms with Crippen LogP contribution in [0, 0.1) is 12.8 Å². The molecule has 0 radical (unpaired) electrons. The SMILES string of the molecule is Cc1cc(NCCOCCC(C)C)ccn1. The predicted molar refractivity (Wildman–Crippen MR) is 67.7 cm³/mol. The van der Waals surface area contributed by atoms with E-state index in [1.807, 2.05) is 25.3 Å². The first-order valence-electron chi connectivity index (χ1n) is 5.93. The molecule has 16 heavy (non-hydrogen) atoms. The molecule has 0 atom stereocenters. The van der Waals surface area contributed by atoms with Gasteiger partial charge >= 0.3 is 0 Å². The maximum Gasteiger partial charge on any atom is 0.0639 e. The molecule has 0 amide bonds. The zero-order valence-electron chi connectivity index (χ0n) is 10.5. The van der Waals surface area contributed by atoms with Crippen molar-refractivity contribution in [3.8, 4) is 0 Å². The van der Waals surface area contributed by atoms with Gasteiger partial charge in [-0.05, 0) is 31.4 Å². The maximum absolute atomic E-state index is 5.52. The summed E-state index contributed by atoms with van der Waals surface area (Å²) in [6, 6.07) is 4.01. The van der Waals surface area contributed by atoms with Gasteiger partial charge in [-0.25, -0.2) is 0 Å². The van der Waals surface area contributed by atoms with Crippen LogP contribution >= 0.6 is 0 Å². The molecule has 3 heteroatoms. The quantitative estimate of drug-likeness (QED) is 0.720. The molecular weight excluding hydrogens is 200 g/mol. The molecule has 0 unspecified atom stereocenters. The minimum absolute atomic E-state index is 0.718. The fraction of sp³-hybridized carbons (Fsp3) is 0.615. The van der Waals surface area contributed by atoms with Gasteiger partial charge in [-0.15, -0.1) is 0 Å². The average Bonchev–Trinajstić information content (AvgIpc) is 2.23. The van der Waals surface area contributed by atoms with Gasteiger partial charge in [0.25, 0.3) is 0 Å². The van der Waals surface area contributed by atoms with Crippen molar-refractivity contribution < 1.29 is 4.74 Å². The Balaban J connectivity index is 2.07. The van der Waals surface area contributed by atoms with E-state index in [-0.39, 0.29) is 0 Å². The van der Waals surface area contributed by atoms with Gasteiger partial charge in [0, 0.05) is 30.7 Å². The molecule has 1 rings (SSSR count). The largest absolute Gasteiger partial charge is 0.383 e. The summed E-state index contributed by atoms with van der Waals surface area (Å²) in [6.07, 6.45) is 2.95. The van der Waals surface area contributed by atoms with E-state index in [2.05, 4.69) is 24.1 Å². The monoisotopic (exact) mass is 222 g/mol. The van der Waals surface area contributed by atoms with Crippen LogP contribution in [0.5, 0.6) is 0 Å². The molecule has 0 aliphatic rings. The summed E-state index contributed by atoms with van der Waals surface area (Å²) in [5.41, 5.74) is 2.14. The highest BCUT2D eigenvalue weighted by molar-refractivity contribution is 5.42. The topological polar surface area (TPSA) is 34.1 Å². The number of rotatable bonds is 7. The molecule has 3 nitrogen and oxygen atoms in total. The molecule has 0 fully saturated rings. The lowest BCUT2D eigenvalue weighted by Crippen LogP contribution is -2.10. The lowest BCUT2D eigenvalue weighted by molar-refractivity contribution is 0.132. The van der Waals surface area contributed by atoms with Crippen molar-refractivity contribution >= 4 is 5.69 Å². The highest BCUT2D eigenvalue weighted by atomic mass is 16.5. The molecule has 1 aromatic heterocycles. The molecule has 90 valence electrons. The summed E-state index contributed by atoms with van der Waals surface area (Å²) in [5.74, 6) is 0.718. The standard InChI is InChI=1S/C13H22N2O/c1-11(2)5-8-16-9-7-15-13-4-6-14-12(3)10-13/h4,6,10-11H,5,7-9H2,1-3H3,(H,14,15). The van der Waals surface area contributed by atoms with Crippen molar-refractivity contribution in [1.29, 1.82) is 0 Å². The average molecular weight is 222 g/mol. The van der Waals surface area contributed by atoms with Gasteiger partial charge in [0.15, 0.2) is 0 Å². The molecule has 0 saturated heterocycles. The van der Waals surface area contributed by atoms with Crippen molar-refractivity contribution in [2.24, 2.45) is 5.92 Å². The molecule has 0 saturated carbocycles. The van der Waals surface area contributed by atoms with Crippen LogP contribution in [0.15, 0.2) is 18.3 Å². The summed E-state index contributed by atoms with van der Waals surface area (Å²) in [6.45, 7) is 8.87. The van der Waals surface area contributed by atoms with Crippen molar-refractivity contribution in [2.75, 3.05) is 25.1 Å². The summed E-state index contributed by atoms with van der Waals surface area (Å²) < 4.78 is 5.52. The van der Waals surface area contributed by atoms with Crippen LogP contribution in [0.2, 0.25) is 0 Å². The van der Waals surface area contributed by atoms with Gasteiger partial charge < -0.3 is 10.1 Å². The van der Waals surface area contributed by atoms with Gasteiger partial charge in [-0.2, -0.15) is 0 Å². The Bertz CT molecular complexity index is 300. The summed E-state index contributed by atoms with van der Waals surface area (Å²) >= 11 is 0. The minimum atomic E-state index is 0.718. The molecule has 0 aliphatic carbocycles. The number of nitrogens with one attached hydrogen (secondary N) is 1. The van der Waals surface area contributed by atoms with Crippen molar-refractivity contribution in [3.05, 3.63) is 24.0 Å². The smallest absolute Gasteiger partial charge is 0.0639 e. The van der Waals surface area contributed by atoms with Crippen LogP contribution in [-0.4, -0.2) is 24.7 Å². The van der Waals surface area contributed by atoms with Crippen LogP contribution in [0.25, 0.3) is 0 Å². The molecule has 0 bridgehead atoms. The molecule has 1 heterocycles. The van der Waals surface area contributed by atoms with Gasteiger partial charge in [0.2, 0.25) is 0 Å². The predicted octanol–water partition coefficient (Wildman–Crippen LogP) is 2.86. The first kappa shape index (κ1) is 13.0. The van der Waals surface area contributed by atoms with Crippen LogP contribution in [0.3, 0.4) is 0 Å². The Morgan fingerprint density at radius 3 is 2.88 bits per heavy atom. The van der Waals surface area contributed by atoms with Crippen LogP contribution in [-0.2, 0) is 4.74 Å². The Hall–Kier alpha value is -1.09. The minimum Gasteiger partial charge on any atom is -0.383 e.